The van der Waals surface area contributed by atoms with Gasteiger partial charge in [0.05, 0.1) is 36.1 Å². The zero-order chi connectivity index (χ0) is 68.4. The standard InChI is InChI=1S/C17H26.C16H24.C15H22.C14H19N.2C13H17NS/c1-12-10-16(11-13(2)14(12)3)15-6-8-17(4,5)9-7-15;1-12-5-6-15(11-13(12)2)14-7-9-16(3,4)10-8-14;1-12-4-6-13(7-5-12)14-8-10-15(2,3)11-9-14;1-10-5-6-13-11(7-10)8-12(15-13)9-14(2,3)4;1-9-5-6-11-10(7-9)14-12(15-11)8-13(2,3)4;1-9-5-6-10-11(7-9)15-12(14-10)8-13(2,3)4/h10-11,15H,6-9H2,1-5H3;5-6,11,14H,7-10H2,1-4H3;4-7,14H,8-11H2,1-3H3;5-7H,8-9H2,1-4H3;2*5-7H,8H2,1-4H3. The second kappa shape index (κ2) is 31.8. The Morgan fingerprint density at radius 3 is 1.29 bits per heavy atom. The Morgan fingerprint density at radius 1 is 0.376 bits per heavy atom. The van der Waals surface area contributed by atoms with E-state index in [1.807, 2.05) is 22.7 Å². The highest BCUT2D eigenvalue weighted by atomic mass is 32.1. The molecule has 93 heavy (non-hydrogen) atoms. The van der Waals surface area contributed by atoms with Gasteiger partial charge in [0.15, 0.2) is 0 Å². The maximum Gasteiger partial charge on any atom is 0.0943 e. The van der Waals surface area contributed by atoms with Gasteiger partial charge >= 0.3 is 0 Å². The van der Waals surface area contributed by atoms with Gasteiger partial charge in [-0.2, -0.15) is 0 Å². The van der Waals surface area contributed by atoms with Crippen LogP contribution in [0.1, 0.15) is 287 Å². The number of hydrogen-bond donors (Lipinski definition) is 0. The lowest BCUT2D eigenvalue weighted by Crippen LogP contribution is -2.20. The van der Waals surface area contributed by atoms with Gasteiger partial charge in [0.25, 0.3) is 0 Å². The van der Waals surface area contributed by atoms with Gasteiger partial charge in [-0.15, -0.1) is 22.7 Å². The number of aryl methyl sites for hydroxylation is 8. The molecule has 504 valence electrons. The third-order valence-corrected chi connectivity index (χ3v) is 22.2. The van der Waals surface area contributed by atoms with Gasteiger partial charge in [0.2, 0.25) is 0 Å². The van der Waals surface area contributed by atoms with Crippen molar-refractivity contribution >= 4 is 54.5 Å². The molecule has 0 saturated heterocycles. The van der Waals surface area contributed by atoms with Crippen LogP contribution in [0.4, 0.5) is 5.69 Å². The molecule has 0 unspecified atom stereocenters. The van der Waals surface area contributed by atoms with Crippen molar-refractivity contribution < 1.29 is 0 Å². The minimum absolute atomic E-state index is 0.322. The summed E-state index contributed by atoms with van der Waals surface area (Å²) in [6.45, 7) is 54.5. The molecule has 6 aromatic carbocycles. The average molecular weight is 1290 g/mol. The molecular formula is C88H125N3S2. The van der Waals surface area contributed by atoms with Gasteiger partial charge in [-0.1, -0.05) is 194 Å². The molecule has 2 aromatic heterocycles. The first-order chi connectivity index (χ1) is 43.2. The van der Waals surface area contributed by atoms with Crippen molar-refractivity contribution in [3.63, 3.8) is 0 Å². The van der Waals surface area contributed by atoms with Crippen molar-refractivity contribution in [3.8, 4) is 0 Å². The second-order valence-electron chi connectivity index (χ2n) is 35.2. The number of thiazole rings is 2. The fraction of sp³-hybridized carbons (Fsp3) is 0.557. The molecule has 3 fully saturated rings. The molecule has 5 heteroatoms. The summed E-state index contributed by atoms with van der Waals surface area (Å²) >= 11 is 3.65. The van der Waals surface area contributed by atoms with Gasteiger partial charge in [-0.25, -0.2) is 9.97 Å². The Hall–Kier alpha value is -5.23. The van der Waals surface area contributed by atoms with Gasteiger partial charge < -0.3 is 0 Å². The molecule has 3 nitrogen and oxygen atoms in total. The quantitative estimate of drug-likeness (QED) is 0.166. The van der Waals surface area contributed by atoms with Gasteiger partial charge in [-0.05, 0) is 288 Å². The van der Waals surface area contributed by atoms with E-state index in [9.17, 15) is 0 Å². The molecule has 0 bridgehead atoms. The Bertz CT molecular complexity index is 3600. The third kappa shape index (κ3) is 24.4. The topological polar surface area (TPSA) is 38.1 Å². The van der Waals surface area contributed by atoms with Gasteiger partial charge in [0.1, 0.15) is 0 Å². The normalized spacial score (nSPS) is 17.2. The highest BCUT2D eigenvalue weighted by Crippen LogP contribution is 2.45. The number of aromatic nitrogens is 2. The number of benzene rings is 6. The maximum atomic E-state index is 4.69. The molecule has 1 aliphatic heterocycles. The smallest absolute Gasteiger partial charge is 0.0943 e. The number of aliphatic imine (C=N–C) groups is 1. The summed E-state index contributed by atoms with van der Waals surface area (Å²) < 4.78 is 2.62. The van der Waals surface area contributed by atoms with Crippen LogP contribution in [0.3, 0.4) is 0 Å². The van der Waals surface area contributed by atoms with E-state index in [-0.39, 0.29) is 0 Å². The summed E-state index contributed by atoms with van der Waals surface area (Å²) in [5.74, 6) is 2.44. The molecule has 3 heterocycles. The summed E-state index contributed by atoms with van der Waals surface area (Å²) in [5.41, 5.74) is 26.2. The molecule has 3 saturated carbocycles. The number of rotatable bonds is 6. The summed E-state index contributed by atoms with van der Waals surface area (Å²) in [6.07, 6.45) is 20.8. The number of fused-ring (bicyclic) bond motifs is 3. The first kappa shape index (κ1) is 75.2. The van der Waals surface area contributed by atoms with Crippen LogP contribution in [-0.2, 0) is 19.3 Å². The minimum Gasteiger partial charge on any atom is -0.257 e. The largest absolute Gasteiger partial charge is 0.257 e. The molecule has 0 N–H and O–H groups in total. The van der Waals surface area contributed by atoms with E-state index in [0.717, 1.165) is 54.5 Å². The van der Waals surface area contributed by atoms with Crippen LogP contribution in [-0.4, -0.2) is 15.7 Å². The van der Waals surface area contributed by atoms with E-state index >= 15 is 0 Å². The van der Waals surface area contributed by atoms with E-state index in [4.69, 9.17) is 4.99 Å². The second-order valence-corrected chi connectivity index (χ2v) is 37.4. The highest BCUT2D eigenvalue weighted by molar-refractivity contribution is 7.18. The molecule has 3 aliphatic carbocycles. The third-order valence-electron chi connectivity index (χ3n) is 20.2. The summed E-state index contributed by atoms with van der Waals surface area (Å²) in [4.78, 5) is 14.0. The zero-order valence-electron chi connectivity index (χ0n) is 63.1. The van der Waals surface area contributed by atoms with Crippen LogP contribution in [0.5, 0.6) is 0 Å². The zero-order valence-corrected chi connectivity index (χ0v) is 64.7. The van der Waals surface area contributed by atoms with E-state index in [1.165, 1.54) is 163 Å². The van der Waals surface area contributed by atoms with Crippen LogP contribution in [0, 0.1) is 94.8 Å². The Labute approximate surface area is 576 Å². The first-order valence-electron chi connectivity index (χ1n) is 35.9. The fourth-order valence-corrected chi connectivity index (χ4v) is 16.3. The van der Waals surface area contributed by atoms with Gasteiger partial charge in [0, 0.05) is 25.0 Å². The van der Waals surface area contributed by atoms with Crippen molar-refractivity contribution in [1.82, 2.24) is 9.97 Å². The molecule has 8 aromatic rings. The van der Waals surface area contributed by atoms with Gasteiger partial charge in [-0.3, -0.25) is 4.99 Å². The molecule has 0 amide bonds. The summed E-state index contributed by atoms with van der Waals surface area (Å²) in [7, 11) is 0. The van der Waals surface area contributed by atoms with E-state index < -0.39 is 0 Å². The first-order valence-corrected chi connectivity index (χ1v) is 37.5. The highest BCUT2D eigenvalue weighted by Gasteiger charge is 2.30. The fourth-order valence-electron chi connectivity index (χ4n) is 13.7. The molecule has 4 aliphatic rings. The number of hydrogen-bond acceptors (Lipinski definition) is 5. The molecule has 0 radical (unpaired) electrons. The van der Waals surface area contributed by atoms with Crippen LogP contribution in [0.25, 0.3) is 20.4 Å². The lowest BCUT2D eigenvalue weighted by molar-refractivity contribution is 0.224. The molecular weight excluding hydrogens is 1160 g/mol. The predicted molar refractivity (Wildman–Crippen MR) is 414 cm³/mol. The SMILES string of the molecule is Cc1cc(C2CCC(C)(C)CC2)cc(C)c1C.Cc1ccc(C2CCC(C)(C)CC2)cc1.Cc1ccc(C2CCC(C)(C)CC2)cc1C.Cc1ccc2c(c1)CC(CC(C)(C)C)=N2.Cc1ccc2nc(CC(C)(C)C)sc2c1.Cc1ccc2sc(CC(C)(C)C)nc2c1. The summed E-state index contributed by atoms with van der Waals surface area (Å²) in [6, 6.07) is 40.5. The predicted octanol–water partition coefficient (Wildman–Crippen LogP) is 27.4. The monoisotopic (exact) mass is 1290 g/mol. The van der Waals surface area contributed by atoms with Crippen molar-refractivity contribution in [3.05, 3.63) is 192 Å². The van der Waals surface area contributed by atoms with Crippen molar-refractivity contribution in [2.24, 2.45) is 37.5 Å². The van der Waals surface area contributed by atoms with E-state index in [0.29, 0.717) is 32.5 Å². The Morgan fingerprint density at radius 2 is 0.785 bits per heavy atom. The number of nitrogens with zero attached hydrogens (tertiary/aromatic N) is 3. The average Bonchev–Trinajstić information content (AvgIpc) is 1.68. The lowest BCUT2D eigenvalue weighted by atomic mass is 9.71. The van der Waals surface area contributed by atoms with Crippen LogP contribution in [0.15, 0.2) is 114 Å². The van der Waals surface area contributed by atoms with Crippen molar-refractivity contribution in [1.29, 1.82) is 0 Å². The van der Waals surface area contributed by atoms with E-state index in [2.05, 4.69) is 285 Å². The molecule has 12 rings (SSSR count). The summed E-state index contributed by atoms with van der Waals surface area (Å²) in [5, 5.41) is 2.51. The van der Waals surface area contributed by atoms with Crippen LogP contribution >= 0.6 is 22.7 Å². The van der Waals surface area contributed by atoms with E-state index in [1.54, 1.807) is 16.7 Å². The Balaban J connectivity index is 0.000000158. The van der Waals surface area contributed by atoms with Crippen LogP contribution in [0.2, 0.25) is 0 Å². The Kier molecular flexibility index (Phi) is 25.7. The van der Waals surface area contributed by atoms with Crippen molar-refractivity contribution in [2.45, 2.75) is 287 Å². The van der Waals surface area contributed by atoms with Crippen molar-refractivity contribution in [2.75, 3.05) is 0 Å². The molecule has 0 atom stereocenters. The lowest BCUT2D eigenvalue weighted by Gasteiger charge is -2.34. The molecule has 0 spiro atoms. The maximum absolute atomic E-state index is 4.69. The van der Waals surface area contributed by atoms with Crippen LogP contribution < -0.4 is 0 Å². The minimum atomic E-state index is 0.322.